The lowest BCUT2D eigenvalue weighted by Gasteiger charge is -2.01. The Labute approximate surface area is 524 Å². The Bertz CT molecular complexity index is 3290. The summed E-state index contributed by atoms with van der Waals surface area (Å²) < 4.78 is 31.4. The van der Waals surface area contributed by atoms with Gasteiger partial charge in [0, 0.05) is 93.2 Å². The third-order valence-corrected chi connectivity index (χ3v) is 12.4. The predicted octanol–water partition coefficient (Wildman–Crippen LogP) is 9.08. The van der Waals surface area contributed by atoms with E-state index in [4.69, 9.17) is 29.0 Å². The van der Waals surface area contributed by atoms with Crippen LogP contribution in [0.4, 0.5) is 0 Å². The third-order valence-electron chi connectivity index (χ3n) is 10.0. The minimum atomic E-state index is -0.487. The monoisotopic (exact) mass is 1310 g/mol. The smallest absolute Gasteiger partial charge is 0.438 e. The Kier molecular flexibility index (Phi) is 41.0. The predicted molar refractivity (Wildman–Crippen MR) is 335 cm³/mol. The average molecular weight is 1310 g/mol. The SMILES string of the molecule is CC(C)C(=O)NC#N.CC(C)C(=O)NO.CC(C)c1cc(=O)[nH]o1.CC(C)c1cc(=O)[nH]s1.CC(C)c1cocc(O)c1=O.CC(C)c1nc(=S)o[nH]1.CC(C)c1nn[nH]n1.CC(C)c1noc(=O)[nH]1.CC(C)c1ns[nH]c1=O.CC(C)c1nsc(=O)[nH]1. The molecule has 0 aromatic carbocycles. The number of H-pyrrole nitrogens is 7. The number of nitriles is 1. The van der Waals surface area contributed by atoms with Crippen molar-refractivity contribution in [2.24, 2.45) is 11.8 Å². The van der Waals surface area contributed by atoms with Crippen molar-refractivity contribution < 1.29 is 37.9 Å². The fourth-order valence-corrected chi connectivity index (χ4v) is 6.81. The van der Waals surface area contributed by atoms with Gasteiger partial charge < -0.3 is 18.6 Å². The summed E-state index contributed by atoms with van der Waals surface area (Å²) in [7, 11) is 0. The van der Waals surface area contributed by atoms with Gasteiger partial charge in [0.05, 0.1) is 6.26 Å². The van der Waals surface area contributed by atoms with E-state index >= 15 is 0 Å². The number of rotatable bonds is 10. The molecule has 0 fully saturated rings. The summed E-state index contributed by atoms with van der Waals surface area (Å²) in [6.07, 6.45) is 3.95. The number of aromatic nitrogens is 14. The van der Waals surface area contributed by atoms with E-state index in [-0.39, 0.29) is 84.9 Å². The van der Waals surface area contributed by atoms with Gasteiger partial charge in [0.15, 0.2) is 23.6 Å². The molecule has 2 amide bonds. The van der Waals surface area contributed by atoms with Gasteiger partial charge in [-0.3, -0.25) is 67.3 Å². The molecule has 0 bridgehead atoms. The van der Waals surface area contributed by atoms with E-state index in [1.54, 1.807) is 40.0 Å². The first-order valence-electron chi connectivity index (χ1n) is 27.2. The molecule has 0 unspecified atom stereocenters. The molecule has 0 saturated heterocycles. The summed E-state index contributed by atoms with van der Waals surface area (Å²) in [6, 6.07) is 3.11. The molecule has 8 heterocycles. The van der Waals surface area contributed by atoms with Gasteiger partial charge >= 0.3 is 15.5 Å². The maximum atomic E-state index is 11.1. The Hall–Kier alpha value is -8.33. The number of aromatic amines is 7. The lowest BCUT2D eigenvalue weighted by atomic mass is 10.1. The minimum absolute atomic E-state index is 0.0173. The molecule has 11 N–H and O–H groups in total. The van der Waals surface area contributed by atoms with Crippen LogP contribution in [0.25, 0.3) is 0 Å². The zero-order valence-corrected chi connectivity index (χ0v) is 56.4. The van der Waals surface area contributed by atoms with Crippen molar-refractivity contribution in [1.29, 1.82) is 5.26 Å². The average Bonchev–Trinajstić information content (AvgIpc) is 4.48. The molecular weight excluding hydrogens is 1230 g/mol. The van der Waals surface area contributed by atoms with Crippen LogP contribution in [0, 0.1) is 28.1 Å². The molecule has 0 aliphatic rings. The lowest BCUT2D eigenvalue weighted by molar-refractivity contribution is -0.132. The summed E-state index contributed by atoms with van der Waals surface area (Å²) in [4.78, 5) is 94.5. The highest BCUT2D eigenvalue weighted by molar-refractivity contribution is 7.71. The fraction of sp³-hybridized carbons (Fsp3) is 0.566. The second-order valence-corrected chi connectivity index (χ2v) is 23.6. The number of carbonyl (C=O) groups excluding carboxylic acids is 2. The summed E-state index contributed by atoms with van der Waals surface area (Å²) in [5, 5.41) is 48.4. The van der Waals surface area contributed by atoms with E-state index in [0.717, 1.165) is 51.9 Å². The normalized spacial score (nSPS) is 10.2. The van der Waals surface area contributed by atoms with E-state index in [9.17, 15) is 38.4 Å². The number of amides is 2. The van der Waals surface area contributed by atoms with Gasteiger partial charge in [-0.15, -0.1) is 10.2 Å². The summed E-state index contributed by atoms with van der Waals surface area (Å²) >= 11 is 8.14. The highest BCUT2D eigenvalue weighted by Gasteiger charge is 2.10. The Morgan fingerprint density at radius 3 is 1.50 bits per heavy atom. The number of carbonyl (C=O) groups is 2. The third kappa shape index (κ3) is 36.0. The van der Waals surface area contributed by atoms with Gasteiger partial charge in [-0.1, -0.05) is 160 Å². The molecule has 88 heavy (non-hydrogen) atoms. The first kappa shape index (κ1) is 81.7. The summed E-state index contributed by atoms with van der Waals surface area (Å²) in [5.41, 5.74) is 2.13. The van der Waals surface area contributed by atoms with Crippen LogP contribution in [0.1, 0.15) is 231 Å². The maximum Gasteiger partial charge on any atom is 0.438 e. The van der Waals surface area contributed by atoms with E-state index < -0.39 is 5.76 Å². The zero-order chi connectivity index (χ0) is 68.0. The molecule has 31 nitrogen and oxygen atoms in total. The molecule has 0 radical (unpaired) electrons. The molecule has 0 aliphatic carbocycles. The summed E-state index contributed by atoms with van der Waals surface area (Å²) in [5.74, 6) is 4.37. The Morgan fingerprint density at radius 2 is 1.27 bits per heavy atom. The maximum absolute atomic E-state index is 11.1. The quantitative estimate of drug-likeness (QED) is 0.0200. The Morgan fingerprint density at radius 1 is 0.670 bits per heavy atom. The lowest BCUT2D eigenvalue weighted by Crippen LogP contribution is -2.23. The summed E-state index contributed by atoms with van der Waals surface area (Å²) in [6.45, 7) is 38.5. The number of nitrogens with zero attached hydrogens (tertiary/aromatic N) is 8. The minimum Gasteiger partial charge on any atom is -0.502 e. The van der Waals surface area contributed by atoms with Crippen LogP contribution >= 0.6 is 47.0 Å². The Balaban J connectivity index is 0. The zero-order valence-electron chi connectivity index (χ0n) is 53.1. The van der Waals surface area contributed by atoms with Gasteiger partial charge in [0.1, 0.15) is 29.4 Å². The first-order valence-corrected chi connectivity index (χ1v) is 30.0. The van der Waals surface area contributed by atoms with Crippen LogP contribution in [-0.2, 0) is 9.59 Å². The van der Waals surface area contributed by atoms with Crippen LogP contribution in [0.15, 0.2) is 71.4 Å². The van der Waals surface area contributed by atoms with Crippen LogP contribution in [0.2, 0.25) is 0 Å². The first-order chi connectivity index (χ1) is 41.0. The second kappa shape index (κ2) is 44.2. The van der Waals surface area contributed by atoms with Crippen molar-refractivity contribution in [2.45, 2.75) is 186 Å². The number of hydrogen-bond acceptors (Lipinski definition) is 26. The molecule has 0 atom stereocenters. The van der Waals surface area contributed by atoms with Crippen molar-refractivity contribution in [2.75, 3.05) is 0 Å². The molecular formula is C53H85N17O14S4. The van der Waals surface area contributed by atoms with Gasteiger partial charge in [0.25, 0.3) is 16.7 Å². The molecule has 8 aromatic heterocycles. The number of aromatic hydroxyl groups is 1. The van der Waals surface area contributed by atoms with Gasteiger partial charge in [-0.25, -0.2) is 15.4 Å². The van der Waals surface area contributed by atoms with E-state index in [2.05, 4.69) is 99.1 Å². The molecule has 490 valence electrons. The van der Waals surface area contributed by atoms with Crippen LogP contribution in [-0.4, -0.2) is 90.7 Å². The highest BCUT2D eigenvalue weighted by Crippen LogP contribution is 2.15. The molecule has 35 heteroatoms. The van der Waals surface area contributed by atoms with Crippen molar-refractivity contribution in [3.8, 4) is 11.9 Å². The van der Waals surface area contributed by atoms with Gasteiger partial charge in [0.2, 0.25) is 17.2 Å². The molecule has 8 aromatic rings. The number of nitrogens with one attached hydrogen (secondary N) is 9. The van der Waals surface area contributed by atoms with Gasteiger partial charge in [-0.2, -0.15) is 29.4 Å². The molecule has 8 rings (SSSR count). The molecule has 0 saturated carbocycles. The van der Waals surface area contributed by atoms with Crippen molar-refractivity contribution >= 4 is 58.8 Å². The van der Waals surface area contributed by atoms with Crippen molar-refractivity contribution in [3.63, 3.8) is 0 Å². The van der Waals surface area contributed by atoms with Crippen molar-refractivity contribution in [3.05, 3.63) is 136 Å². The van der Waals surface area contributed by atoms with Crippen molar-refractivity contribution in [1.82, 2.24) is 79.3 Å². The van der Waals surface area contributed by atoms with Crippen LogP contribution in [0.3, 0.4) is 0 Å². The van der Waals surface area contributed by atoms with E-state index in [1.165, 1.54) is 29.3 Å². The van der Waals surface area contributed by atoms with E-state index in [1.807, 2.05) is 102 Å². The number of hydrogen-bond donors (Lipinski definition) is 11. The number of hydroxylamine groups is 1. The largest absolute Gasteiger partial charge is 0.502 e. The topological polar surface area (TPSA) is 478 Å². The van der Waals surface area contributed by atoms with Crippen LogP contribution in [0.5, 0.6) is 5.75 Å². The standard InChI is InChI=1S/C8H10O3.C6H9NO2.C6H9NOS.C5H8N2O2.3C5H8N2OS.C5H8N2O.C4H8N4.C4H9NO2/c1-5(2)6-3-11-4-7(9)8(6)10;2*1-4(2)5-3-6(8)7-9-5;2*1-3(2)4-6-5(8)9-7-4;1-3(2)4-6-5(9)8-7-4;1-3(2)4-5(8)7-9-6-4;1-4(2)5(8)7-3-6;1-3(2)4-5-7-8-6-4;1-3(2)4(6)5-7/h3-5,9H,1-2H3;2*3-4H,1-2H3,(H,7,8);2*3H,1-2H3,(H,6,7,8);3H,1-2H3,(H,6,7,9);3H,1-2H3,(H,7,8);4H,1-2H3,(H,7,8);3H,1-2H3,(H,5,6,7,8);3,7H,1-2H3,(H,5,6). The number of tetrazole rings is 1. The van der Waals surface area contributed by atoms with Gasteiger partial charge in [-0.05, 0) is 24.1 Å². The highest BCUT2D eigenvalue weighted by atomic mass is 32.1. The van der Waals surface area contributed by atoms with E-state index in [0.29, 0.717) is 46.5 Å². The molecule has 0 aliphatic heterocycles. The molecule has 0 spiro atoms. The fourth-order valence-electron chi connectivity index (χ4n) is 4.77. The second-order valence-electron chi connectivity index (χ2n) is 21.1. The van der Waals surface area contributed by atoms with Crippen LogP contribution < -0.4 is 43.5 Å².